The lowest BCUT2D eigenvalue weighted by Gasteiger charge is -2.24. The Morgan fingerprint density at radius 2 is 1.61 bits per heavy atom. The molecular weight excluding hydrogens is 528 g/mol. The number of hydrogen-bond donors (Lipinski definition) is 2. The van der Waals surface area contributed by atoms with Crippen molar-refractivity contribution in [3.63, 3.8) is 0 Å². The monoisotopic (exact) mass is 550 g/mol. The summed E-state index contributed by atoms with van der Waals surface area (Å²) in [5.74, 6) is -1.94. The van der Waals surface area contributed by atoms with Crippen LogP contribution in [0, 0.1) is 0 Å². The average molecular weight is 551 g/mol. The minimum atomic E-state index is -1.11. The maximum Gasteiger partial charge on any atom is 0.338 e. The van der Waals surface area contributed by atoms with Gasteiger partial charge in [-0.25, -0.2) is 9.80 Å². The lowest BCUT2D eigenvalue weighted by atomic mass is 10.1. The predicted molar refractivity (Wildman–Crippen MR) is 147 cm³/mol. The summed E-state index contributed by atoms with van der Waals surface area (Å²) >= 11 is 11.5. The molecule has 0 radical (unpaired) electrons. The fraction of sp³-hybridized carbons (Fsp3) is 0.148. The van der Waals surface area contributed by atoms with Gasteiger partial charge in [-0.15, -0.1) is 0 Å². The molecule has 0 bridgehead atoms. The fourth-order valence-electron chi connectivity index (χ4n) is 3.78. The topological polar surface area (TPSA) is 108 Å². The van der Waals surface area contributed by atoms with Crippen LogP contribution in [0.2, 0.25) is 5.02 Å². The third kappa shape index (κ3) is 5.99. The molecule has 1 aliphatic heterocycles. The lowest BCUT2D eigenvalue weighted by molar-refractivity contribution is -0.124. The van der Waals surface area contributed by atoms with Crippen molar-refractivity contribution < 1.29 is 23.9 Å². The quantitative estimate of drug-likeness (QED) is 0.320. The minimum absolute atomic E-state index is 0.0122. The van der Waals surface area contributed by atoms with E-state index < -0.39 is 29.7 Å². The summed E-state index contributed by atoms with van der Waals surface area (Å²) in [7, 11) is 0. The molecule has 38 heavy (non-hydrogen) atoms. The number of hydrazine groups is 1. The second-order valence-electron chi connectivity index (χ2n) is 8.18. The van der Waals surface area contributed by atoms with Crippen molar-refractivity contribution in [2.24, 2.45) is 0 Å². The molecule has 1 atom stereocenters. The van der Waals surface area contributed by atoms with Crippen LogP contribution in [0.25, 0.3) is 0 Å². The van der Waals surface area contributed by atoms with Crippen LogP contribution in [-0.2, 0) is 14.3 Å². The van der Waals surface area contributed by atoms with Gasteiger partial charge in [0.05, 0.1) is 24.3 Å². The number of thiocarbonyl (C=S) groups is 1. The molecule has 194 valence electrons. The number of nitrogens with zero attached hydrogens (tertiary/aromatic N) is 2. The number of nitrogens with one attached hydrogen (secondary N) is 2. The van der Waals surface area contributed by atoms with E-state index in [2.05, 4.69) is 10.7 Å². The molecule has 3 aromatic rings. The molecule has 1 saturated heterocycles. The number of carbonyl (C=O) groups excluding carboxylic acids is 4. The average Bonchev–Trinajstić information content (AvgIpc) is 3.14. The van der Waals surface area contributed by atoms with E-state index >= 15 is 0 Å². The minimum Gasteiger partial charge on any atom is -0.462 e. The van der Waals surface area contributed by atoms with Gasteiger partial charge in [0.1, 0.15) is 6.04 Å². The first-order valence-electron chi connectivity index (χ1n) is 11.6. The van der Waals surface area contributed by atoms with Gasteiger partial charge in [-0.3, -0.25) is 24.7 Å². The highest BCUT2D eigenvalue weighted by Crippen LogP contribution is 2.27. The van der Waals surface area contributed by atoms with E-state index in [1.807, 2.05) is 0 Å². The maximum atomic E-state index is 13.5. The van der Waals surface area contributed by atoms with Crippen molar-refractivity contribution in [1.29, 1.82) is 0 Å². The molecule has 0 aromatic heterocycles. The Morgan fingerprint density at radius 3 is 2.24 bits per heavy atom. The molecule has 3 aromatic carbocycles. The highest BCUT2D eigenvalue weighted by molar-refractivity contribution is 7.80. The van der Waals surface area contributed by atoms with E-state index in [1.54, 1.807) is 73.7 Å². The van der Waals surface area contributed by atoms with Crippen LogP contribution in [0.3, 0.4) is 0 Å². The first-order valence-corrected chi connectivity index (χ1v) is 12.4. The van der Waals surface area contributed by atoms with Gasteiger partial charge in [-0.05, 0) is 79.8 Å². The van der Waals surface area contributed by atoms with E-state index in [9.17, 15) is 19.2 Å². The van der Waals surface area contributed by atoms with E-state index in [-0.39, 0.29) is 18.1 Å². The van der Waals surface area contributed by atoms with Crippen LogP contribution < -0.4 is 15.6 Å². The van der Waals surface area contributed by atoms with Gasteiger partial charge in [0.15, 0.2) is 0 Å². The SMILES string of the molecule is CCOC(=O)c1ccc(NC(=O)CC2C(=O)N(c3ccc(Cl)cc3)C(=S)N2NC(=O)c2ccccc2)cc1. The first kappa shape index (κ1) is 26.8. The van der Waals surface area contributed by atoms with Crippen LogP contribution in [0.5, 0.6) is 0 Å². The molecule has 11 heteroatoms. The van der Waals surface area contributed by atoms with E-state index in [1.165, 1.54) is 22.0 Å². The van der Waals surface area contributed by atoms with E-state index in [0.29, 0.717) is 27.5 Å². The standard InChI is InChI=1S/C27H23ClN4O5S/c1-2-37-26(36)18-8-12-20(13-9-18)29-23(33)16-22-25(35)31(21-14-10-19(28)11-15-21)27(38)32(22)30-24(34)17-6-4-3-5-7-17/h3-15,22H,2,16H2,1H3,(H,29,33)(H,30,34). The van der Waals surface area contributed by atoms with Gasteiger partial charge in [-0.2, -0.15) is 0 Å². The predicted octanol–water partition coefficient (Wildman–Crippen LogP) is 4.19. The second kappa shape index (κ2) is 11.8. The Bertz CT molecular complexity index is 1370. The number of halogens is 1. The first-order chi connectivity index (χ1) is 18.3. The largest absolute Gasteiger partial charge is 0.462 e. The zero-order chi connectivity index (χ0) is 27.2. The second-order valence-corrected chi connectivity index (χ2v) is 8.98. The Kier molecular flexibility index (Phi) is 8.35. The normalized spacial score (nSPS) is 14.8. The molecule has 4 rings (SSSR count). The van der Waals surface area contributed by atoms with Gasteiger partial charge in [0, 0.05) is 16.3 Å². The smallest absolute Gasteiger partial charge is 0.338 e. The van der Waals surface area contributed by atoms with E-state index in [0.717, 1.165) is 0 Å². The lowest BCUT2D eigenvalue weighted by Crippen LogP contribution is -2.49. The van der Waals surface area contributed by atoms with Gasteiger partial charge in [-0.1, -0.05) is 29.8 Å². The number of anilines is 2. The van der Waals surface area contributed by atoms with Gasteiger partial charge < -0.3 is 10.1 Å². The van der Waals surface area contributed by atoms with Crippen molar-refractivity contribution >= 4 is 64.0 Å². The zero-order valence-corrected chi connectivity index (χ0v) is 21.8. The van der Waals surface area contributed by atoms with Crippen LogP contribution in [0.15, 0.2) is 78.9 Å². The zero-order valence-electron chi connectivity index (χ0n) is 20.2. The summed E-state index contributed by atoms with van der Waals surface area (Å²) in [6.07, 6.45) is -0.308. The molecule has 9 nitrogen and oxygen atoms in total. The summed E-state index contributed by atoms with van der Waals surface area (Å²) in [4.78, 5) is 52.4. The molecule has 2 N–H and O–H groups in total. The van der Waals surface area contributed by atoms with Crippen molar-refractivity contribution in [3.05, 3.63) is 95.0 Å². The highest BCUT2D eigenvalue weighted by Gasteiger charge is 2.45. The maximum absolute atomic E-state index is 13.5. The summed E-state index contributed by atoms with van der Waals surface area (Å²) in [5.41, 5.74) is 4.24. The fourth-order valence-corrected chi connectivity index (χ4v) is 4.28. The Balaban J connectivity index is 1.54. The molecule has 0 saturated carbocycles. The summed E-state index contributed by atoms with van der Waals surface area (Å²) in [5, 5.41) is 4.42. The highest BCUT2D eigenvalue weighted by atomic mass is 35.5. The number of carbonyl (C=O) groups is 4. The molecule has 0 spiro atoms. The van der Waals surface area contributed by atoms with Crippen LogP contribution in [0.1, 0.15) is 34.1 Å². The summed E-state index contributed by atoms with van der Waals surface area (Å²) in [6, 6.07) is 20.0. The third-order valence-electron chi connectivity index (χ3n) is 5.62. The van der Waals surface area contributed by atoms with Gasteiger partial charge >= 0.3 is 5.97 Å². The van der Waals surface area contributed by atoms with Gasteiger partial charge in [0.25, 0.3) is 11.8 Å². The van der Waals surface area contributed by atoms with Crippen LogP contribution in [-0.4, -0.2) is 46.5 Å². The number of ether oxygens (including phenoxy) is 1. The number of hydrogen-bond acceptors (Lipinski definition) is 6. The number of esters is 1. The van der Waals surface area contributed by atoms with E-state index in [4.69, 9.17) is 28.6 Å². The third-order valence-corrected chi connectivity index (χ3v) is 6.25. The Labute approximate surface area is 229 Å². The molecule has 1 fully saturated rings. The number of benzene rings is 3. The molecule has 0 aliphatic carbocycles. The molecule has 3 amide bonds. The molecule has 1 heterocycles. The number of rotatable bonds is 8. The van der Waals surface area contributed by atoms with Gasteiger partial charge in [0.2, 0.25) is 11.0 Å². The molecule has 1 unspecified atom stereocenters. The molecule has 1 aliphatic rings. The van der Waals surface area contributed by atoms with Crippen LogP contribution in [0.4, 0.5) is 11.4 Å². The Morgan fingerprint density at radius 1 is 0.947 bits per heavy atom. The molecular formula is C27H23ClN4O5S. The Hall–Kier alpha value is -4.28. The summed E-state index contributed by atoms with van der Waals surface area (Å²) < 4.78 is 4.96. The van der Waals surface area contributed by atoms with Crippen molar-refractivity contribution in [1.82, 2.24) is 10.4 Å². The van der Waals surface area contributed by atoms with Crippen molar-refractivity contribution in [2.45, 2.75) is 19.4 Å². The van der Waals surface area contributed by atoms with Crippen molar-refractivity contribution in [3.8, 4) is 0 Å². The van der Waals surface area contributed by atoms with Crippen molar-refractivity contribution in [2.75, 3.05) is 16.8 Å². The number of amides is 3. The summed E-state index contributed by atoms with van der Waals surface area (Å²) in [6.45, 7) is 1.96. The van der Waals surface area contributed by atoms with Crippen LogP contribution >= 0.6 is 23.8 Å².